The minimum Gasteiger partial charge on any atom is -0.326 e. The Hall–Kier alpha value is -0.900. The summed E-state index contributed by atoms with van der Waals surface area (Å²) >= 11 is 7.80. The first-order valence-electron chi connectivity index (χ1n) is 5.80. The van der Waals surface area contributed by atoms with Gasteiger partial charge in [0.2, 0.25) is 0 Å². The van der Waals surface area contributed by atoms with Gasteiger partial charge in [-0.1, -0.05) is 11.6 Å². The molecule has 0 heterocycles. The van der Waals surface area contributed by atoms with Gasteiger partial charge in [-0.05, 0) is 59.0 Å². The SMILES string of the molecule is NCc1cc(S(=O)(=O)Nc2ccc(Cl)cc2I)ccc1F. The van der Waals surface area contributed by atoms with Gasteiger partial charge in [0.25, 0.3) is 10.0 Å². The van der Waals surface area contributed by atoms with Crippen molar-refractivity contribution < 1.29 is 12.8 Å². The zero-order valence-corrected chi connectivity index (χ0v) is 14.3. The molecule has 2 rings (SSSR count). The van der Waals surface area contributed by atoms with E-state index in [0.717, 1.165) is 6.07 Å². The molecule has 0 aromatic heterocycles. The fourth-order valence-electron chi connectivity index (χ4n) is 1.65. The third-order valence-corrected chi connectivity index (χ3v) is 5.21. The number of anilines is 1. The minimum atomic E-state index is -3.82. The molecule has 0 aliphatic rings. The molecule has 0 bridgehead atoms. The number of nitrogens with two attached hydrogens (primary N) is 1. The maximum atomic E-state index is 13.4. The number of hydrogen-bond acceptors (Lipinski definition) is 3. The van der Waals surface area contributed by atoms with Crippen molar-refractivity contribution in [2.75, 3.05) is 4.72 Å². The lowest BCUT2D eigenvalue weighted by Gasteiger charge is -2.11. The van der Waals surface area contributed by atoms with E-state index in [1.54, 1.807) is 18.2 Å². The number of sulfonamides is 1. The zero-order chi connectivity index (χ0) is 15.6. The highest BCUT2D eigenvalue weighted by Gasteiger charge is 2.17. The average Bonchev–Trinajstić information content (AvgIpc) is 2.42. The van der Waals surface area contributed by atoms with Gasteiger partial charge in [0.15, 0.2) is 0 Å². The molecule has 2 aromatic carbocycles. The number of nitrogens with one attached hydrogen (secondary N) is 1. The molecule has 0 atom stereocenters. The van der Waals surface area contributed by atoms with Crippen LogP contribution in [0, 0.1) is 9.39 Å². The van der Waals surface area contributed by atoms with E-state index in [4.69, 9.17) is 17.3 Å². The predicted molar refractivity (Wildman–Crippen MR) is 89.3 cm³/mol. The third-order valence-electron chi connectivity index (χ3n) is 2.72. The molecule has 0 aliphatic carbocycles. The summed E-state index contributed by atoms with van der Waals surface area (Å²) < 4.78 is 41.1. The van der Waals surface area contributed by atoms with Crippen LogP contribution in [0.15, 0.2) is 41.3 Å². The van der Waals surface area contributed by atoms with Gasteiger partial charge in [-0.25, -0.2) is 12.8 Å². The van der Waals surface area contributed by atoms with Crippen LogP contribution in [0.2, 0.25) is 5.02 Å². The normalized spacial score (nSPS) is 11.4. The number of hydrogen-bond donors (Lipinski definition) is 2. The van der Waals surface area contributed by atoms with Crippen LogP contribution in [-0.4, -0.2) is 8.42 Å². The highest BCUT2D eigenvalue weighted by Crippen LogP contribution is 2.25. The Morgan fingerprint density at radius 3 is 2.57 bits per heavy atom. The molecule has 2 aromatic rings. The van der Waals surface area contributed by atoms with Crippen LogP contribution in [-0.2, 0) is 16.6 Å². The van der Waals surface area contributed by atoms with Crippen molar-refractivity contribution in [1.29, 1.82) is 0 Å². The summed E-state index contributed by atoms with van der Waals surface area (Å²) in [5.41, 5.74) is 5.93. The first-order valence-corrected chi connectivity index (χ1v) is 8.74. The molecular formula is C13H11ClFIN2O2S. The Bertz CT molecular complexity index is 784. The second-order valence-electron chi connectivity index (χ2n) is 4.19. The van der Waals surface area contributed by atoms with Crippen molar-refractivity contribution in [2.45, 2.75) is 11.4 Å². The summed E-state index contributed by atoms with van der Waals surface area (Å²) in [6.45, 7) is -0.0757. The standard InChI is InChI=1S/C13H11ClFIN2O2S/c14-9-1-4-13(12(16)6-9)18-21(19,20)10-2-3-11(15)8(5-10)7-17/h1-6,18H,7,17H2. The lowest BCUT2D eigenvalue weighted by atomic mass is 10.2. The Morgan fingerprint density at radius 1 is 1.24 bits per heavy atom. The van der Waals surface area contributed by atoms with Gasteiger partial charge >= 0.3 is 0 Å². The fourth-order valence-corrected chi connectivity index (χ4v) is 3.97. The van der Waals surface area contributed by atoms with Gasteiger partial charge in [0.05, 0.1) is 10.6 Å². The number of halogens is 3. The summed E-state index contributed by atoms with van der Waals surface area (Å²) in [5, 5.41) is 0.509. The molecule has 8 heteroatoms. The molecule has 0 spiro atoms. The predicted octanol–water partition coefficient (Wildman–Crippen LogP) is 3.34. The third kappa shape index (κ3) is 3.85. The van der Waals surface area contributed by atoms with Crippen LogP contribution in [0.1, 0.15) is 5.56 Å². The summed E-state index contributed by atoms with van der Waals surface area (Å²) in [7, 11) is -3.82. The largest absolute Gasteiger partial charge is 0.326 e. The van der Waals surface area contributed by atoms with E-state index in [2.05, 4.69) is 4.72 Å². The Morgan fingerprint density at radius 2 is 1.95 bits per heavy atom. The topological polar surface area (TPSA) is 72.2 Å². The van der Waals surface area contributed by atoms with Crippen LogP contribution < -0.4 is 10.5 Å². The van der Waals surface area contributed by atoms with Gasteiger partial charge in [-0.3, -0.25) is 4.72 Å². The zero-order valence-electron chi connectivity index (χ0n) is 10.6. The highest BCUT2D eigenvalue weighted by atomic mass is 127. The molecule has 0 aliphatic heterocycles. The first-order chi connectivity index (χ1) is 9.83. The molecule has 21 heavy (non-hydrogen) atoms. The number of benzene rings is 2. The van der Waals surface area contributed by atoms with E-state index in [1.165, 1.54) is 12.1 Å². The van der Waals surface area contributed by atoms with Gasteiger partial charge in [0.1, 0.15) is 5.82 Å². The van der Waals surface area contributed by atoms with E-state index in [9.17, 15) is 12.8 Å². The van der Waals surface area contributed by atoms with Crippen molar-refractivity contribution >= 4 is 49.9 Å². The second kappa shape index (κ2) is 6.47. The monoisotopic (exact) mass is 440 g/mol. The first kappa shape index (κ1) is 16.5. The molecular weight excluding hydrogens is 430 g/mol. The van der Waals surface area contributed by atoms with Crippen LogP contribution in [0.5, 0.6) is 0 Å². The van der Waals surface area contributed by atoms with E-state index in [1.807, 2.05) is 22.6 Å². The Balaban J connectivity index is 2.38. The lowest BCUT2D eigenvalue weighted by molar-refractivity contribution is 0.596. The number of rotatable bonds is 4. The maximum Gasteiger partial charge on any atom is 0.261 e. The molecule has 0 amide bonds. The van der Waals surface area contributed by atoms with Crippen LogP contribution in [0.4, 0.5) is 10.1 Å². The molecule has 0 radical (unpaired) electrons. The highest BCUT2D eigenvalue weighted by molar-refractivity contribution is 14.1. The van der Waals surface area contributed by atoms with Gasteiger partial charge in [0, 0.05) is 20.7 Å². The van der Waals surface area contributed by atoms with Crippen molar-refractivity contribution in [3.8, 4) is 0 Å². The van der Waals surface area contributed by atoms with Crippen LogP contribution in [0.3, 0.4) is 0 Å². The van der Waals surface area contributed by atoms with Crippen molar-refractivity contribution in [1.82, 2.24) is 0 Å². The molecule has 0 saturated carbocycles. The minimum absolute atomic E-state index is 0.0462. The summed E-state index contributed by atoms with van der Waals surface area (Å²) in [6, 6.07) is 8.28. The smallest absolute Gasteiger partial charge is 0.261 e. The molecule has 3 N–H and O–H groups in total. The molecule has 0 unspecified atom stereocenters. The van der Waals surface area contributed by atoms with Gasteiger partial charge in [-0.2, -0.15) is 0 Å². The maximum absolute atomic E-state index is 13.4. The summed E-state index contributed by atoms with van der Waals surface area (Å²) in [4.78, 5) is -0.0462. The molecule has 4 nitrogen and oxygen atoms in total. The van der Waals surface area contributed by atoms with Gasteiger partial charge < -0.3 is 5.73 Å². The Kier molecular flexibility index (Phi) is 5.07. The second-order valence-corrected chi connectivity index (χ2v) is 7.47. The van der Waals surface area contributed by atoms with E-state index in [-0.39, 0.29) is 17.0 Å². The quantitative estimate of drug-likeness (QED) is 0.716. The summed E-state index contributed by atoms with van der Waals surface area (Å²) in [6.07, 6.45) is 0. The molecule has 0 fully saturated rings. The van der Waals surface area contributed by atoms with E-state index >= 15 is 0 Å². The van der Waals surface area contributed by atoms with E-state index < -0.39 is 15.8 Å². The van der Waals surface area contributed by atoms with Crippen molar-refractivity contribution in [2.24, 2.45) is 5.73 Å². The fraction of sp³-hybridized carbons (Fsp3) is 0.0769. The summed E-state index contributed by atoms with van der Waals surface area (Å²) in [5.74, 6) is -0.530. The van der Waals surface area contributed by atoms with Crippen LogP contribution >= 0.6 is 34.2 Å². The van der Waals surface area contributed by atoms with Crippen molar-refractivity contribution in [3.63, 3.8) is 0 Å². The van der Waals surface area contributed by atoms with Crippen molar-refractivity contribution in [3.05, 3.63) is 56.4 Å². The van der Waals surface area contributed by atoms with E-state index in [0.29, 0.717) is 14.3 Å². The Labute approximate surface area is 140 Å². The van der Waals surface area contributed by atoms with Gasteiger partial charge in [-0.15, -0.1) is 0 Å². The average molecular weight is 441 g/mol. The molecule has 112 valence electrons. The lowest BCUT2D eigenvalue weighted by Crippen LogP contribution is -2.15. The molecule has 0 saturated heterocycles. The van der Waals surface area contributed by atoms with Crippen LogP contribution in [0.25, 0.3) is 0 Å².